The Hall–Kier alpha value is -4.55. The van der Waals surface area contributed by atoms with Crippen LogP contribution in [-0.2, 0) is 22.7 Å². The zero-order valence-corrected chi connectivity index (χ0v) is 23.3. The van der Waals surface area contributed by atoms with Crippen molar-refractivity contribution < 1.29 is 40.5 Å². The van der Waals surface area contributed by atoms with E-state index in [0.29, 0.717) is 17.1 Å². The summed E-state index contributed by atoms with van der Waals surface area (Å²) < 4.78 is 89.8. The van der Waals surface area contributed by atoms with Crippen LogP contribution in [-0.4, -0.2) is 39.9 Å². The zero-order valence-electron chi connectivity index (χ0n) is 21.7. The summed E-state index contributed by atoms with van der Waals surface area (Å²) in [5.41, 5.74) is 0.616. The van der Waals surface area contributed by atoms with Crippen molar-refractivity contribution in [2.45, 2.75) is 17.6 Å². The van der Waals surface area contributed by atoms with E-state index in [9.17, 15) is 26.9 Å². The molecule has 0 amide bonds. The minimum atomic E-state index is -4.65. The van der Waals surface area contributed by atoms with E-state index in [4.69, 9.17) is 18.9 Å². The summed E-state index contributed by atoms with van der Waals surface area (Å²) in [5, 5.41) is 17.5. The molecular weight excluding hydrogens is 585 g/mol. The van der Waals surface area contributed by atoms with Gasteiger partial charge in [0.1, 0.15) is 28.8 Å². The Bertz CT molecular complexity index is 1690. The standard InChI is InChI=1S/C26H21F3N4O6S2/c1-36-19-6-4-16(23(12-19)38-3)14-33(25-32-31-15-40-25)41(34,35)20-7-9-21(17(10-20)13-30)39-24-11-18(26(27,28)29)5-8-22(24)37-2/h4-12,15H,14H2,1-3H3. The first-order valence-electron chi connectivity index (χ1n) is 11.5. The predicted octanol–water partition coefficient (Wildman–Crippen LogP) is 5.64. The van der Waals surface area contributed by atoms with Gasteiger partial charge in [-0.1, -0.05) is 11.3 Å². The van der Waals surface area contributed by atoms with E-state index < -0.39 is 21.8 Å². The quantitative estimate of drug-likeness (QED) is 0.226. The maximum absolute atomic E-state index is 13.9. The molecule has 41 heavy (non-hydrogen) atoms. The minimum absolute atomic E-state index is 0.0190. The molecular formula is C26H21F3N4O6S2. The highest BCUT2D eigenvalue weighted by Crippen LogP contribution is 2.40. The highest BCUT2D eigenvalue weighted by Gasteiger charge is 2.32. The van der Waals surface area contributed by atoms with Crippen molar-refractivity contribution in [1.82, 2.24) is 10.2 Å². The van der Waals surface area contributed by atoms with Gasteiger partial charge in [-0.15, -0.1) is 10.2 Å². The molecule has 4 aromatic rings. The fraction of sp³-hybridized carbons (Fsp3) is 0.192. The number of anilines is 1. The lowest BCUT2D eigenvalue weighted by molar-refractivity contribution is -0.137. The first-order chi connectivity index (χ1) is 19.5. The maximum atomic E-state index is 13.9. The number of ether oxygens (including phenoxy) is 4. The molecule has 1 aromatic heterocycles. The van der Waals surface area contributed by atoms with Gasteiger partial charge in [-0.25, -0.2) is 12.7 Å². The monoisotopic (exact) mass is 606 g/mol. The summed E-state index contributed by atoms with van der Waals surface area (Å²) in [4.78, 5) is -0.292. The molecule has 0 bridgehead atoms. The Balaban J connectivity index is 1.73. The van der Waals surface area contributed by atoms with Crippen LogP contribution in [0.15, 0.2) is 65.0 Å². The molecule has 0 aliphatic rings. The highest BCUT2D eigenvalue weighted by atomic mass is 32.2. The van der Waals surface area contributed by atoms with Crippen LogP contribution >= 0.6 is 11.3 Å². The first kappa shape index (κ1) is 29.4. The van der Waals surface area contributed by atoms with Crippen molar-refractivity contribution in [2.75, 3.05) is 25.6 Å². The molecule has 15 heteroatoms. The molecule has 0 saturated heterocycles. The number of halogens is 3. The third-order valence-electron chi connectivity index (χ3n) is 5.74. The second-order valence-corrected chi connectivity index (χ2v) is 10.8. The summed E-state index contributed by atoms with van der Waals surface area (Å²) in [6, 6.07) is 12.8. The molecule has 214 valence electrons. The summed E-state index contributed by atoms with van der Waals surface area (Å²) in [5.74, 6) is 0.363. The molecule has 0 atom stereocenters. The molecule has 0 fully saturated rings. The van der Waals surface area contributed by atoms with Gasteiger partial charge < -0.3 is 18.9 Å². The number of sulfonamides is 1. The Labute approximate surface area is 237 Å². The summed E-state index contributed by atoms with van der Waals surface area (Å²) in [6.07, 6.45) is -4.65. The van der Waals surface area contributed by atoms with Gasteiger partial charge in [-0.2, -0.15) is 18.4 Å². The number of benzene rings is 3. The van der Waals surface area contributed by atoms with E-state index in [1.54, 1.807) is 18.2 Å². The number of nitriles is 1. The van der Waals surface area contributed by atoms with Gasteiger partial charge in [-0.05, 0) is 48.5 Å². The Kier molecular flexibility index (Phi) is 8.55. The summed E-state index contributed by atoms with van der Waals surface area (Å²) in [6.45, 7) is -0.202. The van der Waals surface area contributed by atoms with Crippen molar-refractivity contribution in [1.29, 1.82) is 5.26 Å². The molecule has 0 unspecified atom stereocenters. The lowest BCUT2D eigenvalue weighted by Gasteiger charge is -2.23. The van der Waals surface area contributed by atoms with Crippen molar-refractivity contribution in [3.05, 3.63) is 76.8 Å². The van der Waals surface area contributed by atoms with Gasteiger partial charge in [0.2, 0.25) is 5.13 Å². The van der Waals surface area contributed by atoms with Crippen molar-refractivity contribution >= 4 is 26.5 Å². The van der Waals surface area contributed by atoms with Crippen molar-refractivity contribution in [3.63, 3.8) is 0 Å². The molecule has 0 radical (unpaired) electrons. The van der Waals surface area contributed by atoms with E-state index in [0.717, 1.165) is 39.9 Å². The zero-order chi connectivity index (χ0) is 29.8. The molecule has 0 N–H and O–H groups in total. The second kappa shape index (κ2) is 11.9. The molecule has 3 aromatic carbocycles. The fourth-order valence-corrected chi connectivity index (χ4v) is 5.89. The minimum Gasteiger partial charge on any atom is -0.497 e. The van der Waals surface area contributed by atoms with Crippen LogP contribution in [0, 0.1) is 11.3 Å². The van der Waals surface area contributed by atoms with Gasteiger partial charge in [0, 0.05) is 11.6 Å². The summed E-state index contributed by atoms with van der Waals surface area (Å²) in [7, 11) is -0.192. The number of nitrogens with zero attached hydrogens (tertiary/aromatic N) is 4. The Morgan fingerprint density at radius 3 is 2.27 bits per heavy atom. The van der Waals surface area contributed by atoms with Crippen LogP contribution in [0.2, 0.25) is 0 Å². The average Bonchev–Trinajstić information content (AvgIpc) is 3.49. The van der Waals surface area contributed by atoms with E-state index >= 15 is 0 Å². The average molecular weight is 607 g/mol. The lowest BCUT2D eigenvalue weighted by atomic mass is 10.2. The number of rotatable bonds is 10. The van der Waals surface area contributed by atoms with Gasteiger partial charge in [0.05, 0.1) is 43.9 Å². The molecule has 1 heterocycles. The predicted molar refractivity (Wildman–Crippen MR) is 142 cm³/mol. The Morgan fingerprint density at radius 1 is 0.927 bits per heavy atom. The van der Waals surface area contributed by atoms with Gasteiger partial charge >= 0.3 is 6.18 Å². The smallest absolute Gasteiger partial charge is 0.416 e. The summed E-state index contributed by atoms with van der Waals surface area (Å²) >= 11 is 0.979. The van der Waals surface area contributed by atoms with Crippen LogP contribution in [0.4, 0.5) is 18.3 Å². The molecule has 10 nitrogen and oxygen atoms in total. The molecule has 0 aliphatic carbocycles. The van der Waals surface area contributed by atoms with Crippen LogP contribution < -0.4 is 23.3 Å². The molecule has 0 spiro atoms. The number of aromatic nitrogens is 2. The topological polar surface area (TPSA) is 124 Å². The number of hydrogen-bond acceptors (Lipinski definition) is 10. The van der Waals surface area contributed by atoms with Gasteiger partial charge in [-0.3, -0.25) is 0 Å². The second-order valence-electron chi connectivity index (χ2n) is 8.15. The normalized spacial score (nSPS) is 11.4. The number of hydrogen-bond donors (Lipinski definition) is 0. The fourth-order valence-electron chi connectivity index (χ4n) is 3.69. The van der Waals surface area contributed by atoms with Gasteiger partial charge in [0.15, 0.2) is 11.5 Å². The van der Waals surface area contributed by atoms with Crippen molar-refractivity contribution in [2.24, 2.45) is 0 Å². The van der Waals surface area contributed by atoms with E-state index in [2.05, 4.69) is 10.2 Å². The molecule has 0 aliphatic heterocycles. The third kappa shape index (κ3) is 6.28. The lowest BCUT2D eigenvalue weighted by Crippen LogP contribution is -2.30. The van der Waals surface area contributed by atoms with E-state index in [1.165, 1.54) is 39.0 Å². The van der Waals surface area contributed by atoms with Crippen LogP contribution in [0.5, 0.6) is 28.7 Å². The first-order valence-corrected chi connectivity index (χ1v) is 13.8. The SMILES string of the molecule is COc1ccc(CN(c2nncs2)S(=O)(=O)c2ccc(Oc3cc(C(F)(F)F)ccc3OC)c(C#N)c2)c(OC)c1. The molecule has 4 rings (SSSR count). The van der Waals surface area contributed by atoms with E-state index in [1.807, 2.05) is 6.07 Å². The van der Waals surface area contributed by atoms with E-state index in [-0.39, 0.29) is 39.4 Å². The third-order valence-corrected chi connectivity index (χ3v) is 8.30. The Morgan fingerprint density at radius 2 is 1.66 bits per heavy atom. The van der Waals surface area contributed by atoms with Gasteiger partial charge in [0.25, 0.3) is 10.0 Å². The maximum Gasteiger partial charge on any atom is 0.416 e. The van der Waals surface area contributed by atoms with Crippen molar-refractivity contribution in [3.8, 4) is 34.8 Å². The van der Waals surface area contributed by atoms with Crippen LogP contribution in [0.1, 0.15) is 16.7 Å². The largest absolute Gasteiger partial charge is 0.497 e. The molecule has 0 saturated carbocycles. The van der Waals surface area contributed by atoms with Crippen LogP contribution in [0.3, 0.4) is 0 Å². The van der Waals surface area contributed by atoms with Crippen LogP contribution in [0.25, 0.3) is 0 Å². The number of alkyl halides is 3. The number of methoxy groups -OCH3 is 3. The highest BCUT2D eigenvalue weighted by molar-refractivity contribution is 7.93.